The van der Waals surface area contributed by atoms with Gasteiger partial charge in [-0.2, -0.15) is 0 Å². The van der Waals surface area contributed by atoms with Crippen LogP contribution in [0.1, 0.15) is 43.2 Å². The summed E-state index contributed by atoms with van der Waals surface area (Å²) in [6.07, 6.45) is 5.12. The van der Waals surface area contributed by atoms with Crippen LogP contribution in [0, 0.1) is 5.82 Å². The lowest BCUT2D eigenvalue weighted by atomic mass is 9.94. The molecule has 0 heterocycles. The molecule has 1 aliphatic rings. The Morgan fingerprint density at radius 2 is 1.46 bits per heavy atom. The number of sulfonamides is 1. The van der Waals surface area contributed by atoms with Gasteiger partial charge in [-0.15, -0.1) is 0 Å². The topological polar surface area (TPSA) is 86.8 Å². The van der Waals surface area contributed by atoms with Crippen LogP contribution < -0.4 is 9.62 Å². The van der Waals surface area contributed by atoms with Gasteiger partial charge in [0.1, 0.15) is 18.4 Å². The molecule has 240 valence electrons. The van der Waals surface area contributed by atoms with E-state index in [1.54, 1.807) is 48.5 Å². The van der Waals surface area contributed by atoms with E-state index in [0.29, 0.717) is 10.6 Å². The van der Waals surface area contributed by atoms with E-state index in [-0.39, 0.29) is 35.5 Å². The molecule has 0 saturated heterocycles. The van der Waals surface area contributed by atoms with Crippen LogP contribution >= 0.6 is 11.6 Å². The van der Waals surface area contributed by atoms with Crippen molar-refractivity contribution in [2.45, 2.75) is 62.0 Å². The van der Waals surface area contributed by atoms with Crippen LogP contribution in [0.5, 0.6) is 0 Å². The summed E-state index contributed by atoms with van der Waals surface area (Å²) < 4.78 is 42.7. The zero-order chi connectivity index (χ0) is 32.5. The number of amides is 2. The molecule has 0 spiro atoms. The van der Waals surface area contributed by atoms with Crippen LogP contribution in [0.2, 0.25) is 5.02 Å². The maximum Gasteiger partial charge on any atom is 0.264 e. The van der Waals surface area contributed by atoms with E-state index in [9.17, 15) is 22.4 Å². The lowest BCUT2D eigenvalue weighted by Gasteiger charge is -2.35. The maximum atomic E-state index is 14.5. The second-order valence-electron chi connectivity index (χ2n) is 11.5. The lowest BCUT2D eigenvalue weighted by Crippen LogP contribution is -2.55. The van der Waals surface area contributed by atoms with E-state index < -0.39 is 34.3 Å². The molecular formula is C36H37ClFN3O4S. The highest BCUT2D eigenvalue weighted by Crippen LogP contribution is 2.26. The molecule has 0 aliphatic heterocycles. The number of nitrogens with zero attached hydrogens (tertiary/aromatic N) is 2. The molecule has 1 atom stereocenters. The van der Waals surface area contributed by atoms with Crippen molar-refractivity contribution >= 4 is 39.1 Å². The molecule has 0 unspecified atom stereocenters. The number of hydrogen-bond donors (Lipinski definition) is 1. The molecule has 5 rings (SSSR count). The molecule has 7 nitrogen and oxygen atoms in total. The van der Waals surface area contributed by atoms with Crippen molar-refractivity contribution in [3.8, 4) is 0 Å². The van der Waals surface area contributed by atoms with E-state index >= 15 is 0 Å². The van der Waals surface area contributed by atoms with Crippen molar-refractivity contribution in [1.82, 2.24) is 10.2 Å². The van der Waals surface area contributed by atoms with Crippen LogP contribution in [0.15, 0.2) is 114 Å². The van der Waals surface area contributed by atoms with Crippen LogP contribution in [-0.4, -0.2) is 43.8 Å². The van der Waals surface area contributed by atoms with Crippen molar-refractivity contribution in [1.29, 1.82) is 0 Å². The third kappa shape index (κ3) is 8.53. The summed E-state index contributed by atoms with van der Waals surface area (Å²) >= 11 is 6.31. The summed E-state index contributed by atoms with van der Waals surface area (Å²) in [5.41, 5.74) is 1.81. The number of rotatable bonds is 12. The van der Waals surface area contributed by atoms with Gasteiger partial charge in [0.05, 0.1) is 10.6 Å². The Morgan fingerprint density at radius 1 is 0.826 bits per heavy atom. The van der Waals surface area contributed by atoms with Crippen LogP contribution in [0.3, 0.4) is 0 Å². The Kier molecular flexibility index (Phi) is 11.1. The van der Waals surface area contributed by atoms with Crippen molar-refractivity contribution in [3.05, 3.63) is 131 Å². The molecule has 1 N–H and O–H groups in total. The van der Waals surface area contributed by atoms with Crippen LogP contribution in [0.25, 0.3) is 0 Å². The molecule has 10 heteroatoms. The minimum absolute atomic E-state index is 0.00214. The molecule has 0 radical (unpaired) electrons. The zero-order valence-corrected chi connectivity index (χ0v) is 27.0. The number of hydrogen-bond acceptors (Lipinski definition) is 4. The van der Waals surface area contributed by atoms with E-state index in [0.717, 1.165) is 54.1 Å². The first-order valence-electron chi connectivity index (χ1n) is 15.4. The number of nitrogens with one attached hydrogen (secondary N) is 1. The molecule has 0 aromatic heterocycles. The summed E-state index contributed by atoms with van der Waals surface area (Å²) in [6, 6.07) is 28.3. The minimum Gasteiger partial charge on any atom is -0.352 e. The fourth-order valence-electron chi connectivity index (χ4n) is 5.79. The van der Waals surface area contributed by atoms with Gasteiger partial charge in [-0.1, -0.05) is 91.5 Å². The molecule has 4 aromatic rings. The number of para-hydroxylation sites is 1. The van der Waals surface area contributed by atoms with Gasteiger partial charge in [0.15, 0.2) is 0 Å². The Bertz CT molecular complexity index is 1720. The number of carbonyl (C=O) groups is 2. The first kappa shape index (κ1) is 33.2. The zero-order valence-electron chi connectivity index (χ0n) is 25.4. The van der Waals surface area contributed by atoms with E-state index in [1.165, 1.54) is 17.0 Å². The maximum absolute atomic E-state index is 14.5. The molecule has 0 bridgehead atoms. The third-order valence-electron chi connectivity index (χ3n) is 8.19. The average molecular weight is 662 g/mol. The van der Waals surface area contributed by atoms with Crippen molar-refractivity contribution in [3.63, 3.8) is 0 Å². The Morgan fingerprint density at radius 3 is 2.11 bits per heavy atom. The Hall–Kier alpha value is -4.21. The second-order valence-corrected chi connectivity index (χ2v) is 13.8. The van der Waals surface area contributed by atoms with Gasteiger partial charge >= 0.3 is 0 Å². The number of anilines is 1. The molecule has 1 fully saturated rings. The largest absolute Gasteiger partial charge is 0.352 e. The predicted octanol–water partition coefficient (Wildman–Crippen LogP) is 6.76. The highest BCUT2D eigenvalue weighted by atomic mass is 35.5. The Labute approximate surface area is 275 Å². The first-order chi connectivity index (χ1) is 22.2. The fourth-order valence-corrected chi connectivity index (χ4v) is 7.41. The summed E-state index contributed by atoms with van der Waals surface area (Å²) in [6.45, 7) is -0.569. The van der Waals surface area contributed by atoms with E-state index in [1.807, 2.05) is 36.4 Å². The van der Waals surface area contributed by atoms with Gasteiger partial charge in [0, 0.05) is 24.0 Å². The van der Waals surface area contributed by atoms with Gasteiger partial charge in [-0.3, -0.25) is 13.9 Å². The van der Waals surface area contributed by atoms with E-state index in [2.05, 4.69) is 5.32 Å². The summed E-state index contributed by atoms with van der Waals surface area (Å²) in [5, 5.41) is 3.66. The molecule has 4 aromatic carbocycles. The normalized spacial score (nSPS) is 14.3. The quantitative estimate of drug-likeness (QED) is 0.182. The molecule has 1 saturated carbocycles. The van der Waals surface area contributed by atoms with Crippen molar-refractivity contribution < 1.29 is 22.4 Å². The van der Waals surface area contributed by atoms with Gasteiger partial charge in [-0.05, 0) is 72.5 Å². The van der Waals surface area contributed by atoms with Crippen LogP contribution in [0.4, 0.5) is 10.1 Å². The van der Waals surface area contributed by atoms with Gasteiger partial charge in [-0.25, -0.2) is 12.8 Å². The highest BCUT2D eigenvalue weighted by Gasteiger charge is 2.35. The number of halogens is 2. The standard InChI is InChI=1S/C36H37ClFN3O4S/c37-29-14-10-13-28(23-29)25-40(34(24-27-11-4-1-5-12-27)36(43)39-31-15-6-2-7-16-31)35(42)26-41(32-17-8-3-9-18-32)46(44,45)33-21-19-30(38)20-22-33/h1,3-5,8-14,17-23,31,34H,2,6-7,15-16,24-26H2,(H,39,43)/t34-/m1/s1. The molecule has 2 amide bonds. The van der Waals surface area contributed by atoms with Gasteiger partial charge in [0.2, 0.25) is 11.8 Å². The number of carbonyl (C=O) groups excluding carboxylic acids is 2. The monoisotopic (exact) mass is 661 g/mol. The summed E-state index contributed by atoms with van der Waals surface area (Å²) in [7, 11) is -4.31. The average Bonchev–Trinajstić information content (AvgIpc) is 3.06. The molecule has 46 heavy (non-hydrogen) atoms. The summed E-state index contributed by atoms with van der Waals surface area (Å²) in [4.78, 5) is 29.9. The summed E-state index contributed by atoms with van der Waals surface area (Å²) in [5.74, 6) is -1.45. The van der Waals surface area contributed by atoms with Gasteiger partial charge in [0.25, 0.3) is 10.0 Å². The third-order valence-corrected chi connectivity index (χ3v) is 10.2. The molecule has 1 aliphatic carbocycles. The molecular weight excluding hydrogens is 625 g/mol. The lowest BCUT2D eigenvalue weighted by molar-refractivity contribution is -0.140. The first-order valence-corrected chi connectivity index (χ1v) is 17.2. The smallest absolute Gasteiger partial charge is 0.264 e. The Balaban J connectivity index is 1.55. The number of benzene rings is 4. The minimum atomic E-state index is -4.31. The highest BCUT2D eigenvalue weighted by molar-refractivity contribution is 7.92. The predicted molar refractivity (Wildman–Crippen MR) is 178 cm³/mol. The van der Waals surface area contributed by atoms with Gasteiger partial charge < -0.3 is 10.2 Å². The SMILES string of the molecule is O=C(NC1CCCCC1)[C@@H](Cc1ccccc1)N(Cc1cccc(Cl)c1)C(=O)CN(c1ccccc1)S(=O)(=O)c1ccc(F)cc1. The van der Waals surface area contributed by atoms with Crippen molar-refractivity contribution in [2.75, 3.05) is 10.8 Å². The van der Waals surface area contributed by atoms with E-state index in [4.69, 9.17) is 11.6 Å². The fraction of sp³-hybridized carbons (Fsp3) is 0.278. The second kappa shape index (κ2) is 15.4. The van der Waals surface area contributed by atoms with Crippen LogP contribution in [-0.2, 0) is 32.6 Å². The van der Waals surface area contributed by atoms with Crippen molar-refractivity contribution in [2.24, 2.45) is 0 Å².